The van der Waals surface area contributed by atoms with E-state index in [0.29, 0.717) is 20.6 Å². The highest BCUT2D eigenvalue weighted by Gasteiger charge is 2.33. The summed E-state index contributed by atoms with van der Waals surface area (Å²) in [6.45, 7) is 3.80. The second kappa shape index (κ2) is 9.49. The third-order valence-electron chi connectivity index (χ3n) is 5.41. The summed E-state index contributed by atoms with van der Waals surface area (Å²) in [7, 11) is 3.97. The van der Waals surface area contributed by atoms with Gasteiger partial charge in [-0.1, -0.05) is 51.5 Å². The van der Waals surface area contributed by atoms with Crippen molar-refractivity contribution in [2.75, 3.05) is 25.6 Å². The van der Waals surface area contributed by atoms with E-state index < -0.39 is 12.0 Å². The quantitative estimate of drug-likeness (QED) is 0.477. The van der Waals surface area contributed by atoms with Gasteiger partial charge in [-0.05, 0) is 55.3 Å². The number of esters is 1. The first-order valence-electron chi connectivity index (χ1n) is 10.5. The molecule has 6 nitrogen and oxygen atoms in total. The van der Waals surface area contributed by atoms with Crippen LogP contribution < -0.4 is 19.8 Å². The van der Waals surface area contributed by atoms with E-state index in [1.807, 2.05) is 73.6 Å². The number of carbonyl (C=O) groups is 1. The van der Waals surface area contributed by atoms with Crippen LogP contribution in [0.2, 0.25) is 0 Å². The first-order chi connectivity index (χ1) is 15.8. The van der Waals surface area contributed by atoms with Crippen LogP contribution in [0, 0.1) is 0 Å². The van der Waals surface area contributed by atoms with Crippen molar-refractivity contribution in [3.05, 3.63) is 95.1 Å². The molecule has 33 heavy (non-hydrogen) atoms. The molecule has 0 saturated carbocycles. The van der Waals surface area contributed by atoms with Crippen LogP contribution in [0.3, 0.4) is 0 Å². The monoisotopic (exact) mass is 525 g/mol. The van der Waals surface area contributed by atoms with Crippen LogP contribution in [-0.4, -0.2) is 31.2 Å². The van der Waals surface area contributed by atoms with Crippen LogP contribution >= 0.6 is 27.3 Å². The number of nitrogens with zero attached hydrogens (tertiary/aromatic N) is 3. The smallest absolute Gasteiger partial charge is 0.338 e. The summed E-state index contributed by atoms with van der Waals surface area (Å²) >= 11 is 4.78. The molecule has 8 heteroatoms. The Kier molecular flexibility index (Phi) is 6.67. The molecule has 0 radical (unpaired) electrons. The van der Waals surface area contributed by atoms with Crippen LogP contribution in [0.5, 0.6) is 0 Å². The fourth-order valence-electron chi connectivity index (χ4n) is 3.77. The van der Waals surface area contributed by atoms with E-state index in [1.54, 1.807) is 18.4 Å². The average Bonchev–Trinajstić information content (AvgIpc) is 3.08. The summed E-state index contributed by atoms with van der Waals surface area (Å²) in [5.41, 5.74) is 3.58. The Morgan fingerprint density at radius 1 is 1.18 bits per heavy atom. The molecule has 1 aliphatic heterocycles. The van der Waals surface area contributed by atoms with Crippen molar-refractivity contribution < 1.29 is 9.53 Å². The van der Waals surface area contributed by atoms with Crippen molar-refractivity contribution >= 4 is 45.0 Å². The van der Waals surface area contributed by atoms with Crippen molar-refractivity contribution in [1.82, 2.24) is 4.57 Å². The average molecular weight is 526 g/mol. The van der Waals surface area contributed by atoms with Gasteiger partial charge < -0.3 is 9.64 Å². The third-order valence-corrected chi connectivity index (χ3v) is 6.92. The predicted molar refractivity (Wildman–Crippen MR) is 135 cm³/mol. The van der Waals surface area contributed by atoms with Gasteiger partial charge >= 0.3 is 5.97 Å². The second-order valence-corrected chi connectivity index (χ2v) is 9.76. The van der Waals surface area contributed by atoms with E-state index in [1.165, 1.54) is 11.3 Å². The number of carbonyl (C=O) groups excluding carboxylic acids is 1. The lowest BCUT2D eigenvalue weighted by Crippen LogP contribution is -2.39. The number of rotatable bonds is 5. The zero-order valence-corrected chi connectivity index (χ0v) is 21.2. The number of halogens is 1. The SMILES string of the molecule is CCOC(=O)C1=C(C)N=c2s/c(=C\c3ccc(N(C)C)cc3)c(=O)n2C1c1ccc(Br)cc1. The van der Waals surface area contributed by atoms with E-state index in [-0.39, 0.29) is 12.2 Å². The van der Waals surface area contributed by atoms with Crippen LogP contribution in [-0.2, 0) is 9.53 Å². The van der Waals surface area contributed by atoms with E-state index in [4.69, 9.17) is 4.74 Å². The van der Waals surface area contributed by atoms with Gasteiger partial charge in [0.15, 0.2) is 4.80 Å². The molecule has 170 valence electrons. The van der Waals surface area contributed by atoms with Crippen molar-refractivity contribution in [2.45, 2.75) is 19.9 Å². The second-order valence-electron chi connectivity index (χ2n) is 7.84. The summed E-state index contributed by atoms with van der Waals surface area (Å²) < 4.78 is 8.41. The fraction of sp³-hybridized carbons (Fsp3) is 0.240. The van der Waals surface area contributed by atoms with Gasteiger partial charge in [0.1, 0.15) is 0 Å². The lowest BCUT2D eigenvalue weighted by atomic mass is 9.96. The van der Waals surface area contributed by atoms with E-state index in [0.717, 1.165) is 21.3 Å². The van der Waals surface area contributed by atoms with Crippen LogP contribution in [0.15, 0.2) is 74.1 Å². The van der Waals surface area contributed by atoms with Gasteiger partial charge in [-0.3, -0.25) is 9.36 Å². The number of hydrogen-bond acceptors (Lipinski definition) is 6. The molecule has 4 rings (SSSR count). The Hall–Kier alpha value is -2.97. The van der Waals surface area contributed by atoms with Crippen LogP contribution in [0.4, 0.5) is 5.69 Å². The molecule has 1 unspecified atom stereocenters. The highest BCUT2D eigenvalue weighted by Crippen LogP contribution is 2.31. The zero-order valence-electron chi connectivity index (χ0n) is 18.8. The molecule has 0 N–H and O–H groups in total. The van der Waals surface area contributed by atoms with Crippen LogP contribution in [0.25, 0.3) is 6.08 Å². The van der Waals surface area contributed by atoms with Gasteiger partial charge in [0.2, 0.25) is 0 Å². The molecule has 0 aliphatic carbocycles. The van der Waals surface area contributed by atoms with Gasteiger partial charge in [0, 0.05) is 24.3 Å². The highest BCUT2D eigenvalue weighted by molar-refractivity contribution is 9.10. The van der Waals surface area contributed by atoms with Gasteiger partial charge in [0.05, 0.1) is 28.5 Å². The van der Waals surface area contributed by atoms with E-state index in [9.17, 15) is 9.59 Å². The molecule has 0 bridgehead atoms. The lowest BCUT2D eigenvalue weighted by Gasteiger charge is -2.24. The molecule has 1 aromatic heterocycles. The summed E-state index contributed by atoms with van der Waals surface area (Å²) in [5, 5.41) is 0. The molecular formula is C25H24BrN3O3S. The number of fused-ring (bicyclic) bond motifs is 1. The van der Waals surface area contributed by atoms with Crippen LogP contribution in [0.1, 0.15) is 31.0 Å². The zero-order chi connectivity index (χ0) is 23.7. The molecular weight excluding hydrogens is 502 g/mol. The minimum Gasteiger partial charge on any atom is -0.463 e. The molecule has 2 heterocycles. The van der Waals surface area contributed by atoms with E-state index >= 15 is 0 Å². The Morgan fingerprint density at radius 3 is 2.45 bits per heavy atom. The van der Waals surface area contributed by atoms with Crippen molar-refractivity contribution in [2.24, 2.45) is 4.99 Å². The largest absolute Gasteiger partial charge is 0.463 e. The minimum absolute atomic E-state index is 0.183. The van der Waals surface area contributed by atoms with Crippen molar-refractivity contribution in [3.63, 3.8) is 0 Å². The number of allylic oxidation sites excluding steroid dienone is 1. The molecule has 2 aromatic carbocycles. The number of ether oxygens (including phenoxy) is 1. The molecule has 0 saturated heterocycles. The fourth-order valence-corrected chi connectivity index (χ4v) is 5.08. The maximum absolute atomic E-state index is 13.6. The summed E-state index contributed by atoms with van der Waals surface area (Å²) in [6.07, 6.45) is 1.87. The third kappa shape index (κ3) is 4.58. The maximum atomic E-state index is 13.6. The lowest BCUT2D eigenvalue weighted by molar-refractivity contribution is -0.139. The minimum atomic E-state index is -0.605. The standard InChI is InChI=1S/C25H24BrN3O3S/c1-5-32-24(31)21-15(2)27-25-29(22(21)17-8-10-18(26)11-9-17)23(30)20(33-25)14-16-6-12-19(13-7-16)28(3)4/h6-14,22H,5H2,1-4H3/b20-14-. The number of hydrogen-bond donors (Lipinski definition) is 0. The van der Waals surface area contributed by atoms with Crippen molar-refractivity contribution in [1.29, 1.82) is 0 Å². The van der Waals surface area contributed by atoms with E-state index in [2.05, 4.69) is 20.9 Å². The normalized spacial score (nSPS) is 15.8. The highest BCUT2D eigenvalue weighted by atomic mass is 79.9. The molecule has 0 amide bonds. The molecule has 0 spiro atoms. The first kappa shape index (κ1) is 23.2. The van der Waals surface area contributed by atoms with Gasteiger partial charge in [-0.2, -0.15) is 0 Å². The predicted octanol–water partition coefficient (Wildman–Crippen LogP) is 3.63. The molecule has 0 fully saturated rings. The number of aromatic nitrogens is 1. The molecule has 1 atom stereocenters. The first-order valence-corrected chi connectivity index (χ1v) is 12.1. The molecule has 1 aliphatic rings. The van der Waals surface area contributed by atoms with Gasteiger partial charge in [-0.25, -0.2) is 9.79 Å². The number of thiazole rings is 1. The topological polar surface area (TPSA) is 63.9 Å². The number of anilines is 1. The molecule has 3 aromatic rings. The van der Waals surface area contributed by atoms with Gasteiger partial charge in [-0.15, -0.1) is 0 Å². The maximum Gasteiger partial charge on any atom is 0.338 e. The summed E-state index contributed by atoms with van der Waals surface area (Å²) in [5.74, 6) is -0.458. The number of benzene rings is 2. The Labute approximate surface area is 204 Å². The Balaban J connectivity index is 1.90. The van der Waals surface area contributed by atoms with Crippen molar-refractivity contribution in [3.8, 4) is 0 Å². The van der Waals surface area contributed by atoms with Gasteiger partial charge in [0.25, 0.3) is 5.56 Å². The summed E-state index contributed by atoms with van der Waals surface area (Å²) in [6, 6.07) is 15.0. The Bertz CT molecular complexity index is 1400. The summed E-state index contributed by atoms with van der Waals surface area (Å²) in [4.78, 5) is 33.7. The Morgan fingerprint density at radius 2 is 1.85 bits per heavy atom.